The summed E-state index contributed by atoms with van der Waals surface area (Å²) in [6, 6.07) is 38.2. The zero-order chi connectivity index (χ0) is 39.2. The third-order valence-electron chi connectivity index (χ3n) is 9.17. The number of furan rings is 1. The molecule has 0 unspecified atom stereocenters. The van der Waals surface area contributed by atoms with Gasteiger partial charge in [0.1, 0.15) is 11.2 Å². The highest BCUT2D eigenvalue weighted by Gasteiger charge is 2.18. The van der Waals surface area contributed by atoms with Gasteiger partial charge < -0.3 is 4.42 Å². The highest BCUT2D eigenvalue weighted by molar-refractivity contribution is 6.12. The van der Waals surface area contributed by atoms with Crippen molar-refractivity contribution < 1.29 is 5.79 Å². The Labute approximate surface area is 323 Å². The number of rotatable bonds is 13. The first-order valence-corrected chi connectivity index (χ1v) is 17.7. The van der Waals surface area contributed by atoms with Crippen LogP contribution in [0.25, 0.3) is 72.8 Å². The lowest BCUT2D eigenvalue weighted by Crippen LogP contribution is -2.00. The molecule has 7 aromatic rings. The standard InChI is InChI=1S/C51H39N3O/c1-7-8-16-34(2)35(3)23-24-36(4)37(5)25-26-38(6)43-31-32-46-45(33-43)48-44(21-15-22-47(48)55-46)51-53-49(41-19-13-10-14-20-41)52-50(54-51)42-29-27-40(28-30-42)39-17-11-9-12-18-39/h7-33H,1-6H2/b16-8-,24-23-,26-25-/i32D. The molecular formula is C51H39N3O. The molecule has 4 heteroatoms. The molecule has 0 fully saturated rings. The lowest BCUT2D eigenvalue weighted by molar-refractivity contribution is 0.669. The average molecular weight is 711 g/mol. The van der Waals surface area contributed by atoms with Gasteiger partial charge in [-0.15, -0.1) is 0 Å². The van der Waals surface area contributed by atoms with Crippen molar-refractivity contribution in [3.05, 3.63) is 231 Å². The molecule has 7 rings (SSSR count). The molecule has 0 aliphatic heterocycles. The Bertz CT molecular complexity index is 2780. The van der Waals surface area contributed by atoms with Crippen LogP contribution in [-0.2, 0) is 0 Å². The van der Waals surface area contributed by atoms with Gasteiger partial charge in [0.05, 0.1) is 1.37 Å². The van der Waals surface area contributed by atoms with Crippen molar-refractivity contribution >= 4 is 27.5 Å². The summed E-state index contributed by atoms with van der Waals surface area (Å²) in [5, 5.41) is 1.57. The Morgan fingerprint density at radius 2 is 1.05 bits per heavy atom. The maximum absolute atomic E-state index is 8.97. The van der Waals surface area contributed by atoms with Gasteiger partial charge in [-0.2, -0.15) is 0 Å². The molecule has 5 aromatic carbocycles. The minimum absolute atomic E-state index is 0.240. The maximum atomic E-state index is 8.97. The number of nitrogens with zero attached hydrogens (tertiary/aromatic N) is 3. The van der Waals surface area contributed by atoms with Crippen molar-refractivity contribution in [1.82, 2.24) is 15.0 Å². The highest BCUT2D eigenvalue weighted by atomic mass is 16.3. The van der Waals surface area contributed by atoms with Crippen LogP contribution < -0.4 is 0 Å². The third-order valence-corrected chi connectivity index (χ3v) is 9.17. The predicted molar refractivity (Wildman–Crippen MR) is 232 cm³/mol. The molecule has 2 aromatic heterocycles. The van der Waals surface area contributed by atoms with Crippen LogP contribution in [-0.4, -0.2) is 15.0 Å². The molecule has 0 aliphatic carbocycles. The SMILES string of the molecule is [2H]c1cc(C(=C)/C=C\C(=C)C(=C)/C=C\C(=C)C(=C)/C=C\C=C)cc2c1oc1cccc(-c3nc(-c4ccccc4)nc(-c4ccc(-c5ccccc5)cc4)n3)c12. The van der Waals surface area contributed by atoms with E-state index in [1.807, 2.05) is 121 Å². The van der Waals surface area contributed by atoms with Crippen molar-refractivity contribution in [2.45, 2.75) is 0 Å². The minimum atomic E-state index is 0.240. The Kier molecular flexibility index (Phi) is 10.1. The van der Waals surface area contributed by atoms with E-state index < -0.39 is 0 Å². The van der Waals surface area contributed by atoms with E-state index >= 15 is 0 Å². The van der Waals surface area contributed by atoms with Crippen LogP contribution in [0, 0.1) is 0 Å². The second kappa shape index (κ2) is 16.1. The lowest BCUT2D eigenvalue weighted by atomic mass is 9.99. The first-order valence-electron chi connectivity index (χ1n) is 18.2. The topological polar surface area (TPSA) is 51.8 Å². The quantitative estimate of drug-likeness (QED) is 0.112. The van der Waals surface area contributed by atoms with E-state index in [0.717, 1.165) is 60.9 Å². The van der Waals surface area contributed by atoms with Gasteiger partial charge in [0.25, 0.3) is 0 Å². The van der Waals surface area contributed by atoms with Gasteiger partial charge in [-0.3, -0.25) is 0 Å². The van der Waals surface area contributed by atoms with E-state index in [0.29, 0.717) is 39.8 Å². The Morgan fingerprint density at radius 3 is 1.69 bits per heavy atom. The number of hydrogen-bond acceptors (Lipinski definition) is 4. The molecule has 0 N–H and O–H groups in total. The van der Waals surface area contributed by atoms with E-state index in [4.69, 9.17) is 20.7 Å². The van der Waals surface area contributed by atoms with Crippen LogP contribution >= 0.6 is 0 Å². The van der Waals surface area contributed by atoms with Crippen LogP contribution in [0.15, 0.2) is 230 Å². The van der Waals surface area contributed by atoms with E-state index in [1.54, 1.807) is 12.1 Å². The normalized spacial score (nSPS) is 11.7. The zero-order valence-corrected chi connectivity index (χ0v) is 30.5. The van der Waals surface area contributed by atoms with Gasteiger partial charge in [-0.25, -0.2) is 15.0 Å². The lowest BCUT2D eigenvalue weighted by Gasteiger charge is -2.10. The molecule has 0 bridgehead atoms. The molecule has 2 heterocycles. The smallest absolute Gasteiger partial charge is 0.164 e. The fourth-order valence-electron chi connectivity index (χ4n) is 6.02. The van der Waals surface area contributed by atoms with E-state index in [2.05, 4.69) is 63.7 Å². The number of fused-ring (bicyclic) bond motifs is 3. The first-order chi connectivity index (χ1) is 27.2. The highest BCUT2D eigenvalue weighted by Crippen LogP contribution is 2.38. The van der Waals surface area contributed by atoms with Crippen molar-refractivity contribution in [3.8, 4) is 45.3 Å². The number of aromatic nitrogens is 3. The van der Waals surface area contributed by atoms with E-state index in [-0.39, 0.29) is 6.04 Å². The molecule has 0 radical (unpaired) electrons. The average Bonchev–Trinajstić information content (AvgIpc) is 3.63. The Balaban J connectivity index is 1.25. The zero-order valence-electron chi connectivity index (χ0n) is 31.5. The number of hydrogen-bond donors (Lipinski definition) is 0. The van der Waals surface area contributed by atoms with E-state index in [1.165, 1.54) is 0 Å². The number of allylic oxidation sites excluding steroid dienone is 12. The van der Waals surface area contributed by atoms with Crippen LogP contribution in [0.5, 0.6) is 0 Å². The van der Waals surface area contributed by atoms with Gasteiger partial charge >= 0.3 is 0 Å². The summed E-state index contributed by atoms with van der Waals surface area (Å²) in [5.41, 5.74) is 10.3. The molecule has 0 amide bonds. The Hall–Kier alpha value is -7.43. The predicted octanol–water partition coefficient (Wildman–Crippen LogP) is 13.5. The minimum Gasteiger partial charge on any atom is -0.456 e. The third kappa shape index (κ3) is 7.99. The summed E-state index contributed by atoms with van der Waals surface area (Å²) in [5.74, 6) is 1.60. The van der Waals surface area contributed by atoms with Crippen LogP contribution in [0.2, 0.25) is 0 Å². The molecular weight excluding hydrogens is 671 g/mol. The summed E-state index contributed by atoms with van der Waals surface area (Å²) in [7, 11) is 0. The molecule has 264 valence electrons. The van der Waals surface area contributed by atoms with Crippen LogP contribution in [0.1, 0.15) is 6.93 Å². The van der Waals surface area contributed by atoms with Gasteiger partial charge in [-0.05, 0) is 62.7 Å². The molecule has 0 aliphatic rings. The first kappa shape index (κ1) is 34.6. The summed E-state index contributed by atoms with van der Waals surface area (Å²) < 4.78 is 15.3. The second-order valence-electron chi connectivity index (χ2n) is 12.9. The van der Waals surface area contributed by atoms with Crippen molar-refractivity contribution in [3.63, 3.8) is 0 Å². The molecule has 0 spiro atoms. The van der Waals surface area contributed by atoms with Crippen molar-refractivity contribution in [2.24, 2.45) is 0 Å². The fourth-order valence-corrected chi connectivity index (χ4v) is 6.02. The van der Waals surface area contributed by atoms with Crippen molar-refractivity contribution in [2.75, 3.05) is 0 Å². The van der Waals surface area contributed by atoms with Gasteiger partial charge in [0.15, 0.2) is 17.5 Å². The van der Waals surface area contributed by atoms with Crippen LogP contribution in [0.3, 0.4) is 0 Å². The summed E-state index contributed by atoms with van der Waals surface area (Å²) in [6.45, 7) is 24.4. The fraction of sp³-hybridized carbons (Fsp3) is 0. The molecule has 0 saturated heterocycles. The Morgan fingerprint density at radius 1 is 0.527 bits per heavy atom. The van der Waals surface area contributed by atoms with Gasteiger partial charge in [0.2, 0.25) is 0 Å². The van der Waals surface area contributed by atoms with E-state index in [9.17, 15) is 0 Å². The second-order valence-corrected chi connectivity index (χ2v) is 12.9. The van der Waals surface area contributed by atoms with Crippen LogP contribution in [0.4, 0.5) is 0 Å². The van der Waals surface area contributed by atoms with Crippen molar-refractivity contribution in [1.29, 1.82) is 0 Å². The molecule has 0 saturated carbocycles. The van der Waals surface area contributed by atoms with Gasteiger partial charge in [-0.1, -0.05) is 185 Å². The molecule has 0 atom stereocenters. The maximum Gasteiger partial charge on any atom is 0.164 e. The summed E-state index contributed by atoms with van der Waals surface area (Å²) >= 11 is 0. The number of benzene rings is 5. The molecule has 55 heavy (non-hydrogen) atoms. The monoisotopic (exact) mass is 710 g/mol. The largest absolute Gasteiger partial charge is 0.456 e. The molecule has 4 nitrogen and oxygen atoms in total. The summed E-state index contributed by atoms with van der Waals surface area (Å²) in [6.07, 6.45) is 12.8. The summed E-state index contributed by atoms with van der Waals surface area (Å²) in [4.78, 5) is 15.0. The van der Waals surface area contributed by atoms with Gasteiger partial charge in [0, 0.05) is 27.5 Å².